The molecule has 2 heterocycles. The van der Waals surface area contributed by atoms with Gasteiger partial charge >= 0.3 is 0 Å². The molecule has 2 rings (SSSR count). The molecule has 3 N–H and O–H groups in total. The Labute approximate surface area is 118 Å². The van der Waals surface area contributed by atoms with E-state index in [-0.39, 0.29) is 0 Å². The fourth-order valence-corrected chi connectivity index (χ4v) is 3.11. The van der Waals surface area contributed by atoms with Gasteiger partial charge in [0, 0.05) is 11.9 Å². The average molecular weight is 278 g/mol. The minimum Gasteiger partial charge on any atom is -0.394 e. The highest BCUT2D eigenvalue weighted by Gasteiger charge is 2.15. The zero-order valence-electron chi connectivity index (χ0n) is 12.0. The molecular formula is C14H22N4S. The summed E-state index contributed by atoms with van der Waals surface area (Å²) in [5, 5.41) is 10.0. The van der Waals surface area contributed by atoms with E-state index in [1.807, 2.05) is 11.7 Å². The first-order valence-corrected chi connectivity index (χ1v) is 7.54. The molecule has 0 amide bonds. The number of nitrogen functional groups attached to an aromatic ring is 1. The molecule has 0 spiro atoms. The summed E-state index contributed by atoms with van der Waals surface area (Å²) in [6.07, 6.45) is 1.07. The molecule has 0 aliphatic rings. The van der Waals surface area contributed by atoms with Gasteiger partial charge in [0.25, 0.3) is 0 Å². The van der Waals surface area contributed by atoms with Gasteiger partial charge in [-0.25, -0.2) is 0 Å². The fraction of sp³-hybridized carbons (Fsp3) is 0.500. The summed E-state index contributed by atoms with van der Waals surface area (Å²) in [6, 6.07) is 2.19. The summed E-state index contributed by atoms with van der Waals surface area (Å²) in [5.41, 5.74) is 9.31. The highest BCUT2D eigenvalue weighted by Crippen LogP contribution is 2.28. The Morgan fingerprint density at radius 2 is 2.21 bits per heavy atom. The van der Waals surface area contributed by atoms with Gasteiger partial charge in [0.2, 0.25) is 0 Å². The summed E-state index contributed by atoms with van der Waals surface area (Å²) in [4.78, 5) is 1.37. The highest BCUT2D eigenvalue weighted by molar-refractivity contribution is 7.10. The first-order valence-electron chi connectivity index (χ1n) is 6.66. The smallest absolute Gasteiger partial charge is 0.148 e. The first-order chi connectivity index (χ1) is 9.04. The van der Waals surface area contributed by atoms with Crippen molar-refractivity contribution in [2.75, 3.05) is 11.1 Å². The summed E-state index contributed by atoms with van der Waals surface area (Å²) < 4.78 is 1.84. The van der Waals surface area contributed by atoms with Crippen molar-refractivity contribution in [2.24, 2.45) is 7.05 Å². The van der Waals surface area contributed by atoms with Gasteiger partial charge < -0.3 is 11.1 Å². The third kappa shape index (κ3) is 2.76. The quantitative estimate of drug-likeness (QED) is 0.881. The van der Waals surface area contributed by atoms with E-state index in [2.05, 4.69) is 42.6 Å². The Morgan fingerprint density at radius 3 is 2.79 bits per heavy atom. The number of aromatic nitrogens is 2. The van der Waals surface area contributed by atoms with E-state index in [9.17, 15) is 0 Å². The van der Waals surface area contributed by atoms with Crippen LogP contribution in [0.15, 0.2) is 11.4 Å². The SMILES string of the molecule is CCc1ccsc1CNc1c(N)c(C(C)C)nn1C. The lowest BCUT2D eigenvalue weighted by atomic mass is 10.1. The lowest BCUT2D eigenvalue weighted by molar-refractivity contribution is 0.715. The molecule has 0 saturated carbocycles. The lowest BCUT2D eigenvalue weighted by Crippen LogP contribution is -2.06. The number of anilines is 2. The average Bonchev–Trinajstić information content (AvgIpc) is 2.92. The van der Waals surface area contributed by atoms with Crippen molar-refractivity contribution in [1.82, 2.24) is 9.78 Å². The third-order valence-electron chi connectivity index (χ3n) is 3.29. The second kappa shape index (κ2) is 5.65. The van der Waals surface area contributed by atoms with E-state index in [1.165, 1.54) is 10.4 Å². The van der Waals surface area contributed by atoms with E-state index < -0.39 is 0 Å². The van der Waals surface area contributed by atoms with E-state index in [0.717, 1.165) is 30.2 Å². The van der Waals surface area contributed by atoms with E-state index in [1.54, 1.807) is 11.3 Å². The molecule has 0 saturated heterocycles. The summed E-state index contributed by atoms with van der Waals surface area (Å²) in [7, 11) is 1.93. The van der Waals surface area contributed by atoms with Gasteiger partial charge in [0.15, 0.2) is 0 Å². The largest absolute Gasteiger partial charge is 0.394 e. The molecule has 0 aromatic carbocycles. The van der Waals surface area contributed by atoms with Crippen LogP contribution in [-0.2, 0) is 20.0 Å². The summed E-state index contributed by atoms with van der Waals surface area (Å²) >= 11 is 1.79. The van der Waals surface area contributed by atoms with Gasteiger partial charge in [0.1, 0.15) is 5.82 Å². The molecular weight excluding hydrogens is 256 g/mol. The number of aryl methyl sites for hydroxylation is 2. The molecule has 2 aromatic heterocycles. The van der Waals surface area contributed by atoms with Crippen LogP contribution >= 0.6 is 11.3 Å². The Hall–Kier alpha value is -1.49. The summed E-state index contributed by atoms with van der Waals surface area (Å²) in [5.74, 6) is 1.26. The van der Waals surface area contributed by atoms with Crippen LogP contribution in [0.3, 0.4) is 0 Å². The number of hydrogen-bond donors (Lipinski definition) is 2. The predicted octanol–water partition coefficient (Wildman–Crippen LogP) is 3.36. The Bertz CT molecular complexity index is 554. The van der Waals surface area contributed by atoms with Crippen LogP contribution in [0.4, 0.5) is 11.5 Å². The monoisotopic (exact) mass is 278 g/mol. The van der Waals surface area contributed by atoms with Gasteiger partial charge in [-0.3, -0.25) is 4.68 Å². The van der Waals surface area contributed by atoms with Gasteiger partial charge in [-0.05, 0) is 29.3 Å². The number of nitrogens with one attached hydrogen (secondary N) is 1. The minimum absolute atomic E-state index is 0.342. The third-order valence-corrected chi connectivity index (χ3v) is 4.26. The fourth-order valence-electron chi connectivity index (χ4n) is 2.20. The van der Waals surface area contributed by atoms with Crippen LogP contribution < -0.4 is 11.1 Å². The number of nitrogens with two attached hydrogens (primary N) is 1. The standard InChI is InChI=1S/C14H22N4S/c1-5-10-6-7-19-11(10)8-16-14-12(15)13(9(2)3)17-18(14)4/h6-7,9,16H,5,8,15H2,1-4H3. The topological polar surface area (TPSA) is 55.9 Å². The van der Waals surface area contributed by atoms with Crippen LogP contribution in [-0.4, -0.2) is 9.78 Å². The lowest BCUT2D eigenvalue weighted by Gasteiger charge is -2.08. The maximum Gasteiger partial charge on any atom is 0.148 e. The molecule has 19 heavy (non-hydrogen) atoms. The van der Waals surface area contributed by atoms with Gasteiger partial charge in [-0.15, -0.1) is 11.3 Å². The molecule has 0 atom stereocenters. The number of thiophene rings is 1. The van der Waals surface area contributed by atoms with Gasteiger partial charge in [-0.2, -0.15) is 5.10 Å². The molecule has 0 aliphatic heterocycles. The molecule has 5 heteroatoms. The normalized spacial score (nSPS) is 11.2. The van der Waals surface area contributed by atoms with Gasteiger partial charge in [-0.1, -0.05) is 20.8 Å². The van der Waals surface area contributed by atoms with Crippen LogP contribution in [0.2, 0.25) is 0 Å². The molecule has 0 bridgehead atoms. The number of rotatable bonds is 5. The predicted molar refractivity (Wildman–Crippen MR) is 82.7 cm³/mol. The van der Waals surface area contributed by atoms with E-state index in [0.29, 0.717) is 5.92 Å². The number of nitrogens with zero attached hydrogens (tertiary/aromatic N) is 2. The van der Waals surface area contributed by atoms with Crippen molar-refractivity contribution in [3.63, 3.8) is 0 Å². The van der Waals surface area contributed by atoms with Crippen LogP contribution in [0, 0.1) is 0 Å². The molecule has 4 nitrogen and oxygen atoms in total. The van der Waals surface area contributed by atoms with Crippen molar-refractivity contribution in [3.05, 3.63) is 27.6 Å². The first kappa shape index (κ1) is 13.9. The molecule has 0 aliphatic carbocycles. The minimum atomic E-state index is 0.342. The summed E-state index contributed by atoms with van der Waals surface area (Å²) in [6.45, 7) is 7.21. The second-order valence-electron chi connectivity index (χ2n) is 5.00. The maximum atomic E-state index is 6.17. The Kier molecular flexibility index (Phi) is 4.14. The Balaban J connectivity index is 2.16. The van der Waals surface area contributed by atoms with Crippen LogP contribution in [0.5, 0.6) is 0 Å². The van der Waals surface area contributed by atoms with Gasteiger partial charge in [0.05, 0.1) is 17.9 Å². The molecule has 0 unspecified atom stereocenters. The molecule has 2 aromatic rings. The zero-order chi connectivity index (χ0) is 14.0. The van der Waals surface area contributed by atoms with Crippen molar-refractivity contribution < 1.29 is 0 Å². The Morgan fingerprint density at radius 1 is 1.47 bits per heavy atom. The maximum absolute atomic E-state index is 6.17. The van der Waals surface area contributed by atoms with Crippen LogP contribution in [0.1, 0.15) is 42.8 Å². The van der Waals surface area contributed by atoms with Crippen molar-refractivity contribution in [2.45, 2.75) is 39.7 Å². The molecule has 0 fully saturated rings. The van der Waals surface area contributed by atoms with Crippen LogP contribution in [0.25, 0.3) is 0 Å². The van der Waals surface area contributed by atoms with Crippen molar-refractivity contribution >= 4 is 22.8 Å². The van der Waals surface area contributed by atoms with Crippen molar-refractivity contribution in [3.8, 4) is 0 Å². The zero-order valence-corrected chi connectivity index (χ0v) is 12.8. The van der Waals surface area contributed by atoms with Crippen molar-refractivity contribution in [1.29, 1.82) is 0 Å². The molecule has 0 radical (unpaired) electrons. The van der Waals surface area contributed by atoms with E-state index >= 15 is 0 Å². The second-order valence-corrected chi connectivity index (χ2v) is 6.00. The number of hydrogen-bond acceptors (Lipinski definition) is 4. The molecule has 104 valence electrons. The highest BCUT2D eigenvalue weighted by atomic mass is 32.1. The van der Waals surface area contributed by atoms with E-state index in [4.69, 9.17) is 5.73 Å².